The molecule has 0 radical (unpaired) electrons. The van der Waals surface area contributed by atoms with Gasteiger partial charge in [0.15, 0.2) is 8.32 Å². The van der Waals surface area contributed by atoms with Crippen molar-refractivity contribution in [3.8, 4) is 0 Å². The highest BCUT2D eigenvalue weighted by Crippen LogP contribution is 2.18. The second-order valence-electron chi connectivity index (χ2n) is 8.45. The Morgan fingerprint density at radius 1 is 0.600 bits per heavy atom. The van der Waals surface area contributed by atoms with E-state index in [9.17, 15) is 0 Å². The predicted octanol–water partition coefficient (Wildman–Crippen LogP) is 7.43. The van der Waals surface area contributed by atoms with E-state index in [2.05, 4.69) is 20.0 Å². The van der Waals surface area contributed by atoms with E-state index in [-0.39, 0.29) is 0 Å². The van der Waals surface area contributed by atoms with E-state index in [0.717, 1.165) is 6.61 Å². The fraction of sp³-hybridized carbons (Fsp3) is 1.00. The quantitative estimate of drug-likeness (QED) is 0.178. The van der Waals surface area contributed by atoms with Crippen molar-refractivity contribution in [3.63, 3.8) is 0 Å². The molecule has 2 N–H and O–H groups in total. The van der Waals surface area contributed by atoms with Gasteiger partial charge in [-0.15, -0.1) is 0 Å². The lowest BCUT2D eigenvalue weighted by Gasteiger charge is -2.22. The molecule has 0 atom stereocenters. The summed E-state index contributed by atoms with van der Waals surface area (Å²) < 4.78 is 5.92. The second-order valence-corrected chi connectivity index (χ2v) is 12.8. The van der Waals surface area contributed by atoms with Crippen LogP contribution in [-0.2, 0) is 4.43 Å². The third-order valence-corrected chi connectivity index (χ3v) is 7.79. The van der Waals surface area contributed by atoms with Crippen LogP contribution in [0.3, 0.4) is 0 Å². The minimum Gasteiger partial charge on any atom is -0.416 e. The summed E-state index contributed by atoms with van der Waals surface area (Å²) in [7, 11) is -1.41. The molecule has 0 spiro atoms. The van der Waals surface area contributed by atoms with Crippen molar-refractivity contribution in [2.75, 3.05) is 13.2 Å². The van der Waals surface area contributed by atoms with E-state index in [0.29, 0.717) is 6.54 Å². The third-order valence-electron chi connectivity index (χ3n) is 5.24. The summed E-state index contributed by atoms with van der Waals surface area (Å²) in [6.45, 7) is 8.36. The van der Waals surface area contributed by atoms with E-state index < -0.39 is 8.32 Å². The minimum absolute atomic E-state index is 0.662. The Morgan fingerprint density at radius 2 is 0.960 bits per heavy atom. The van der Waals surface area contributed by atoms with Gasteiger partial charge in [0, 0.05) is 13.2 Å². The number of hydrogen-bond acceptors (Lipinski definition) is 2. The lowest BCUT2D eigenvalue weighted by Crippen LogP contribution is -2.32. The van der Waals surface area contributed by atoms with Crippen molar-refractivity contribution in [1.82, 2.24) is 0 Å². The van der Waals surface area contributed by atoms with Crippen LogP contribution < -0.4 is 5.73 Å². The summed E-state index contributed by atoms with van der Waals surface area (Å²) in [5.41, 5.74) is 5.52. The highest BCUT2D eigenvalue weighted by atomic mass is 28.4. The number of unbranched alkanes of at least 4 members (excludes halogenated alkanes) is 15. The molecule has 0 aliphatic heterocycles. The number of rotatable bonds is 20. The molecule has 152 valence electrons. The Bertz CT molecular complexity index is 258. The van der Waals surface area contributed by atoms with E-state index in [1.165, 1.54) is 109 Å². The molecule has 0 rings (SSSR count). The average molecular weight is 372 g/mol. The molecule has 25 heavy (non-hydrogen) atoms. The molecule has 0 aliphatic rings. The second kappa shape index (κ2) is 18.9. The van der Waals surface area contributed by atoms with Crippen LogP contribution in [0.4, 0.5) is 0 Å². The van der Waals surface area contributed by atoms with Crippen LogP contribution >= 0.6 is 0 Å². The molecule has 0 aromatic carbocycles. The van der Waals surface area contributed by atoms with E-state index >= 15 is 0 Å². The summed E-state index contributed by atoms with van der Waals surface area (Å²) in [5, 5.41) is 0. The molecule has 0 aromatic heterocycles. The molecule has 0 heterocycles. The zero-order chi connectivity index (χ0) is 18.6. The minimum atomic E-state index is -1.41. The molecule has 2 nitrogen and oxygen atoms in total. The summed E-state index contributed by atoms with van der Waals surface area (Å²) in [6, 6.07) is 1.30. The van der Waals surface area contributed by atoms with Crippen molar-refractivity contribution >= 4 is 8.32 Å². The van der Waals surface area contributed by atoms with Crippen molar-refractivity contribution in [3.05, 3.63) is 0 Å². The van der Waals surface area contributed by atoms with Crippen LogP contribution in [0.2, 0.25) is 19.1 Å². The number of nitrogens with two attached hydrogens (primary N) is 1. The van der Waals surface area contributed by atoms with Crippen molar-refractivity contribution in [1.29, 1.82) is 0 Å². The van der Waals surface area contributed by atoms with Gasteiger partial charge in [-0.1, -0.05) is 110 Å². The maximum absolute atomic E-state index is 5.92. The van der Waals surface area contributed by atoms with Gasteiger partial charge in [-0.25, -0.2) is 0 Å². The topological polar surface area (TPSA) is 35.2 Å². The van der Waals surface area contributed by atoms with E-state index in [4.69, 9.17) is 10.2 Å². The van der Waals surface area contributed by atoms with Crippen LogP contribution in [0.15, 0.2) is 0 Å². The molecule has 0 unspecified atom stereocenters. The van der Waals surface area contributed by atoms with Gasteiger partial charge in [0.25, 0.3) is 0 Å². The zero-order valence-electron chi connectivity index (χ0n) is 17.9. The van der Waals surface area contributed by atoms with Crippen molar-refractivity contribution < 1.29 is 4.43 Å². The Hall–Kier alpha value is 0.137. The SMILES string of the molecule is CCCCCCCCCCCCCCCCCC[Si](C)(C)OCCN. The molecule has 0 aromatic rings. The standard InChI is InChI=1S/C22H49NOSi/c1-4-5-6-7-8-9-10-11-12-13-14-15-16-17-18-19-22-25(2,3)24-21-20-23/h4-23H2,1-3H3. The highest BCUT2D eigenvalue weighted by Gasteiger charge is 2.20. The third kappa shape index (κ3) is 20.3. The molecule has 3 heteroatoms. The Labute approximate surface area is 160 Å². The first-order valence-electron chi connectivity index (χ1n) is 11.5. The Morgan fingerprint density at radius 3 is 1.32 bits per heavy atom. The summed E-state index contributed by atoms with van der Waals surface area (Å²) in [5.74, 6) is 0. The van der Waals surface area contributed by atoms with Gasteiger partial charge < -0.3 is 10.2 Å². The van der Waals surface area contributed by atoms with Crippen LogP contribution in [0.1, 0.15) is 110 Å². The first-order valence-corrected chi connectivity index (χ1v) is 14.6. The monoisotopic (exact) mass is 371 g/mol. The van der Waals surface area contributed by atoms with Crippen LogP contribution in [-0.4, -0.2) is 21.5 Å². The Balaban J connectivity index is 3.14. The fourth-order valence-electron chi connectivity index (χ4n) is 3.51. The summed E-state index contributed by atoms with van der Waals surface area (Å²) in [4.78, 5) is 0. The molecule has 0 amide bonds. The molecular weight excluding hydrogens is 322 g/mol. The predicted molar refractivity (Wildman–Crippen MR) is 117 cm³/mol. The average Bonchev–Trinajstić information content (AvgIpc) is 2.59. The van der Waals surface area contributed by atoms with E-state index in [1.54, 1.807) is 0 Å². The van der Waals surface area contributed by atoms with Crippen molar-refractivity contribution in [2.24, 2.45) is 5.73 Å². The van der Waals surface area contributed by atoms with Gasteiger partial charge in [-0.2, -0.15) is 0 Å². The summed E-state index contributed by atoms with van der Waals surface area (Å²) in [6.07, 6.45) is 23.0. The molecule has 0 aliphatic carbocycles. The van der Waals surface area contributed by atoms with Gasteiger partial charge in [0.1, 0.15) is 0 Å². The fourth-order valence-corrected chi connectivity index (χ4v) is 5.42. The molecular formula is C22H49NOSi. The van der Waals surface area contributed by atoms with Gasteiger partial charge in [0.05, 0.1) is 0 Å². The Kier molecular flexibility index (Phi) is 19.0. The normalized spacial score (nSPS) is 12.0. The van der Waals surface area contributed by atoms with Gasteiger partial charge in [0.2, 0.25) is 0 Å². The zero-order valence-corrected chi connectivity index (χ0v) is 18.9. The lowest BCUT2D eigenvalue weighted by atomic mass is 10.0. The van der Waals surface area contributed by atoms with Crippen LogP contribution in [0.5, 0.6) is 0 Å². The first kappa shape index (κ1) is 25.1. The molecule has 0 saturated carbocycles. The van der Waals surface area contributed by atoms with Crippen LogP contribution in [0.25, 0.3) is 0 Å². The maximum Gasteiger partial charge on any atom is 0.186 e. The van der Waals surface area contributed by atoms with Gasteiger partial charge >= 0.3 is 0 Å². The van der Waals surface area contributed by atoms with Gasteiger partial charge in [-0.05, 0) is 19.1 Å². The molecule has 0 fully saturated rings. The molecule has 0 bridgehead atoms. The first-order chi connectivity index (χ1) is 12.1. The van der Waals surface area contributed by atoms with Gasteiger partial charge in [-0.3, -0.25) is 0 Å². The largest absolute Gasteiger partial charge is 0.416 e. The summed E-state index contributed by atoms with van der Waals surface area (Å²) >= 11 is 0. The molecule has 0 saturated heterocycles. The maximum atomic E-state index is 5.92. The highest BCUT2D eigenvalue weighted by molar-refractivity contribution is 6.71. The van der Waals surface area contributed by atoms with Crippen molar-refractivity contribution in [2.45, 2.75) is 129 Å². The number of hydrogen-bond donors (Lipinski definition) is 1. The lowest BCUT2D eigenvalue weighted by molar-refractivity contribution is 0.316. The van der Waals surface area contributed by atoms with Crippen LogP contribution in [0, 0.1) is 0 Å². The van der Waals surface area contributed by atoms with E-state index in [1.807, 2.05) is 0 Å². The smallest absolute Gasteiger partial charge is 0.186 e.